The molecular weight excluding hydrogens is 376 g/mol. The number of thioether (sulfide) groups is 1. The van der Waals surface area contributed by atoms with E-state index in [9.17, 15) is 14.4 Å². The highest BCUT2D eigenvalue weighted by atomic mass is 32.2. The van der Waals surface area contributed by atoms with Gasteiger partial charge in [-0.15, -0.1) is 0 Å². The molecule has 1 aromatic carbocycles. The van der Waals surface area contributed by atoms with Crippen molar-refractivity contribution in [3.8, 4) is 5.69 Å². The fourth-order valence-corrected chi connectivity index (χ4v) is 4.01. The van der Waals surface area contributed by atoms with E-state index in [1.807, 2.05) is 19.9 Å². The summed E-state index contributed by atoms with van der Waals surface area (Å²) in [6.07, 6.45) is 2.69. The van der Waals surface area contributed by atoms with Crippen LogP contribution in [0.5, 0.6) is 0 Å². The second-order valence-corrected chi connectivity index (χ2v) is 7.52. The Labute approximate surface area is 168 Å². The number of amides is 2. The molecule has 1 aliphatic heterocycles. The molecule has 3 rings (SSSR count). The van der Waals surface area contributed by atoms with Crippen LogP contribution in [-0.4, -0.2) is 40.2 Å². The molecule has 28 heavy (non-hydrogen) atoms. The zero-order valence-electron chi connectivity index (χ0n) is 16.3. The number of aromatic nitrogens is 1. The van der Waals surface area contributed by atoms with Crippen LogP contribution < -0.4 is 0 Å². The largest absolute Gasteiger partial charge is 0.468 e. The Balaban J connectivity index is 1.92. The van der Waals surface area contributed by atoms with Gasteiger partial charge in [0.1, 0.15) is 6.54 Å². The van der Waals surface area contributed by atoms with Crippen LogP contribution in [0.15, 0.2) is 35.2 Å². The van der Waals surface area contributed by atoms with E-state index in [0.717, 1.165) is 45.7 Å². The summed E-state index contributed by atoms with van der Waals surface area (Å²) in [7, 11) is 1.22. The topological polar surface area (TPSA) is 68.6 Å². The average molecular weight is 398 g/mol. The number of benzene rings is 1. The third kappa shape index (κ3) is 3.75. The minimum absolute atomic E-state index is 0.301. The van der Waals surface area contributed by atoms with Gasteiger partial charge in [0.25, 0.3) is 11.1 Å². The molecule has 1 aliphatic rings. The van der Waals surface area contributed by atoms with Crippen LogP contribution in [0.4, 0.5) is 4.79 Å². The summed E-state index contributed by atoms with van der Waals surface area (Å²) in [5, 5.41) is -0.467. The van der Waals surface area contributed by atoms with Crippen LogP contribution in [0.25, 0.3) is 11.8 Å². The SMILES string of the molecule is CCc1ccc(-n2c(C)cc(/C=C3/SC(=O)N(CC(=O)OC)C3=O)c2C)cc1. The number of carbonyl (C=O) groups is 3. The first-order valence-electron chi connectivity index (χ1n) is 8.96. The number of hydrogen-bond donors (Lipinski definition) is 0. The van der Waals surface area contributed by atoms with Crippen molar-refractivity contribution in [3.63, 3.8) is 0 Å². The maximum absolute atomic E-state index is 12.5. The van der Waals surface area contributed by atoms with Crippen LogP contribution in [0.3, 0.4) is 0 Å². The fraction of sp³-hybridized carbons (Fsp3) is 0.286. The minimum Gasteiger partial charge on any atom is -0.468 e. The highest BCUT2D eigenvalue weighted by Crippen LogP contribution is 2.33. The standard InChI is InChI=1S/C21H22N2O4S/c1-5-15-6-8-17(9-7-15)23-13(2)10-16(14(23)3)11-18-20(25)22(21(26)28-18)12-19(24)27-4/h6-11H,5,12H2,1-4H3/b18-11+. The molecule has 1 aromatic heterocycles. The van der Waals surface area contributed by atoms with E-state index in [1.165, 1.54) is 12.7 Å². The normalized spacial score (nSPS) is 15.6. The number of nitrogens with zero attached hydrogens (tertiary/aromatic N) is 2. The van der Waals surface area contributed by atoms with Gasteiger partial charge in [0, 0.05) is 17.1 Å². The summed E-state index contributed by atoms with van der Waals surface area (Å²) in [5.41, 5.74) is 5.18. The van der Waals surface area contributed by atoms with Gasteiger partial charge in [0.15, 0.2) is 0 Å². The zero-order chi connectivity index (χ0) is 20.4. The number of aryl methyl sites for hydroxylation is 2. The average Bonchev–Trinajstić information content (AvgIpc) is 3.11. The Morgan fingerprint density at radius 3 is 2.46 bits per heavy atom. The highest BCUT2D eigenvalue weighted by molar-refractivity contribution is 8.18. The number of rotatable bonds is 5. The Morgan fingerprint density at radius 1 is 1.18 bits per heavy atom. The molecule has 0 N–H and O–H groups in total. The molecule has 0 radical (unpaired) electrons. The van der Waals surface area contributed by atoms with Crippen LogP contribution in [-0.2, 0) is 20.7 Å². The van der Waals surface area contributed by atoms with E-state index < -0.39 is 17.1 Å². The van der Waals surface area contributed by atoms with E-state index in [0.29, 0.717) is 4.91 Å². The molecule has 2 aromatic rings. The lowest BCUT2D eigenvalue weighted by atomic mass is 10.1. The van der Waals surface area contributed by atoms with Gasteiger partial charge >= 0.3 is 5.97 Å². The highest BCUT2D eigenvalue weighted by Gasteiger charge is 2.36. The Morgan fingerprint density at radius 2 is 1.86 bits per heavy atom. The summed E-state index contributed by atoms with van der Waals surface area (Å²) >= 11 is 0.835. The summed E-state index contributed by atoms with van der Waals surface area (Å²) in [6, 6.07) is 10.3. The molecule has 0 atom stereocenters. The third-order valence-corrected chi connectivity index (χ3v) is 5.66. The quantitative estimate of drug-likeness (QED) is 0.565. The number of imide groups is 1. The number of methoxy groups -OCH3 is 1. The van der Waals surface area contributed by atoms with E-state index >= 15 is 0 Å². The van der Waals surface area contributed by atoms with Crippen LogP contribution in [0.1, 0.15) is 29.4 Å². The molecule has 1 fully saturated rings. The van der Waals surface area contributed by atoms with Crippen LogP contribution >= 0.6 is 11.8 Å². The maximum Gasteiger partial charge on any atom is 0.325 e. The van der Waals surface area contributed by atoms with Crippen LogP contribution in [0, 0.1) is 13.8 Å². The van der Waals surface area contributed by atoms with Crippen LogP contribution in [0.2, 0.25) is 0 Å². The van der Waals surface area contributed by atoms with E-state index in [1.54, 1.807) is 6.08 Å². The molecule has 0 bridgehead atoms. The molecule has 2 amide bonds. The molecule has 146 valence electrons. The first-order chi connectivity index (χ1) is 13.3. The summed E-state index contributed by atoms with van der Waals surface area (Å²) in [5.74, 6) is -1.10. The van der Waals surface area contributed by atoms with Gasteiger partial charge in [-0.05, 0) is 67.4 Å². The Bertz CT molecular complexity index is 973. The van der Waals surface area contributed by atoms with Gasteiger partial charge in [-0.2, -0.15) is 0 Å². The lowest BCUT2D eigenvalue weighted by Crippen LogP contribution is -2.34. The first kappa shape index (κ1) is 19.9. The monoisotopic (exact) mass is 398 g/mol. The fourth-order valence-electron chi connectivity index (χ4n) is 3.18. The Kier molecular flexibility index (Phi) is 5.74. The van der Waals surface area contributed by atoms with Gasteiger partial charge < -0.3 is 9.30 Å². The van der Waals surface area contributed by atoms with Crippen molar-refractivity contribution in [1.82, 2.24) is 9.47 Å². The summed E-state index contributed by atoms with van der Waals surface area (Å²) in [6.45, 7) is 5.72. The minimum atomic E-state index is -0.628. The number of carbonyl (C=O) groups excluding carboxylic acids is 3. The lowest BCUT2D eigenvalue weighted by Gasteiger charge is -2.10. The van der Waals surface area contributed by atoms with Crippen molar-refractivity contribution >= 4 is 35.0 Å². The summed E-state index contributed by atoms with van der Waals surface area (Å²) < 4.78 is 6.66. The van der Waals surface area contributed by atoms with Gasteiger partial charge in [-0.25, -0.2) is 0 Å². The van der Waals surface area contributed by atoms with Gasteiger partial charge in [-0.1, -0.05) is 19.1 Å². The molecular formula is C21H22N2O4S. The molecule has 2 heterocycles. The molecule has 6 nitrogen and oxygen atoms in total. The zero-order valence-corrected chi connectivity index (χ0v) is 17.1. The number of esters is 1. The Hall–Kier alpha value is -2.80. The molecule has 7 heteroatoms. The molecule has 0 saturated carbocycles. The van der Waals surface area contributed by atoms with Crippen molar-refractivity contribution in [2.45, 2.75) is 27.2 Å². The molecule has 0 aliphatic carbocycles. The molecule has 0 spiro atoms. The van der Waals surface area contributed by atoms with E-state index in [-0.39, 0.29) is 6.54 Å². The predicted molar refractivity (Wildman–Crippen MR) is 109 cm³/mol. The smallest absolute Gasteiger partial charge is 0.325 e. The lowest BCUT2D eigenvalue weighted by molar-refractivity contribution is -0.143. The van der Waals surface area contributed by atoms with Crippen molar-refractivity contribution in [3.05, 3.63) is 57.8 Å². The van der Waals surface area contributed by atoms with Crippen molar-refractivity contribution in [1.29, 1.82) is 0 Å². The number of hydrogen-bond acceptors (Lipinski definition) is 5. The third-order valence-electron chi connectivity index (χ3n) is 4.75. The maximum atomic E-state index is 12.5. The van der Waals surface area contributed by atoms with Gasteiger partial charge in [-0.3, -0.25) is 19.3 Å². The van der Waals surface area contributed by atoms with Crippen molar-refractivity contribution in [2.24, 2.45) is 0 Å². The van der Waals surface area contributed by atoms with Crippen molar-refractivity contribution in [2.75, 3.05) is 13.7 Å². The van der Waals surface area contributed by atoms with Gasteiger partial charge in [0.2, 0.25) is 0 Å². The molecule has 0 unspecified atom stereocenters. The van der Waals surface area contributed by atoms with E-state index in [4.69, 9.17) is 0 Å². The van der Waals surface area contributed by atoms with Gasteiger partial charge in [0.05, 0.1) is 12.0 Å². The first-order valence-corrected chi connectivity index (χ1v) is 9.77. The number of ether oxygens (including phenoxy) is 1. The summed E-state index contributed by atoms with van der Waals surface area (Å²) in [4.78, 5) is 37.2. The van der Waals surface area contributed by atoms with E-state index in [2.05, 4.69) is 40.5 Å². The second kappa shape index (κ2) is 8.06. The molecule has 1 saturated heterocycles. The second-order valence-electron chi connectivity index (χ2n) is 6.53. The van der Waals surface area contributed by atoms with Crippen molar-refractivity contribution < 1.29 is 19.1 Å². The predicted octanol–water partition coefficient (Wildman–Crippen LogP) is 3.87.